The number of benzene rings is 5. The van der Waals surface area contributed by atoms with Gasteiger partial charge in [-0.2, -0.15) is 20.4 Å². The number of nitrogens with zero attached hydrogens (tertiary/aromatic N) is 19. The molecule has 5 aliphatic carbocycles. The van der Waals surface area contributed by atoms with Crippen LogP contribution in [0.1, 0.15) is 237 Å². The molecule has 25 rings (SSSR count). The molecule has 752 valence electrons. The van der Waals surface area contributed by atoms with Gasteiger partial charge in [0.1, 0.15) is 77.8 Å². The van der Waals surface area contributed by atoms with Gasteiger partial charge in [0.15, 0.2) is 28.4 Å². The first-order valence-corrected chi connectivity index (χ1v) is 50.4. The van der Waals surface area contributed by atoms with E-state index in [0.717, 1.165) is 142 Å². The Morgan fingerprint density at radius 2 is 0.574 bits per heavy atom. The summed E-state index contributed by atoms with van der Waals surface area (Å²) in [7, 11) is 3.12. The monoisotopic (exact) mass is 2080 g/mol. The number of aryl methyl sites for hydroxylation is 2. The van der Waals surface area contributed by atoms with Gasteiger partial charge in [0.25, 0.3) is 39.6 Å². The lowest BCUT2D eigenvalue weighted by molar-refractivity contribution is 0.0953. The zero-order valence-corrected chi connectivity index (χ0v) is 85.3. The van der Waals surface area contributed by atoms with Gasteiger partial charge in [-0.05, 0) is 200 Å². The summed E-state index contributed by atoms with van der Waals surface area (Å²) < 4.78 is 9.31. The summed E-state index contributed by atoms with van der Waals surface area (Å²) in [6.45, 7) is 15.3. The second kappa shape index (κ2) is 40.1. The number of hydrogen-bond donors (Lipinski definition) is 12. The van der Waals surface area contributed by atoms with E-state index in [1.165, 1.54) is 38.6 Å². The maximum atomic E-state index is 13.3. The molecule has 15 aromatic heterocycles. The molecule has 20 aromatic rings. The Hall–Kier alpha value is -16.0. The third-order valence-electron chi connectivity index (χ3n) is 27.4. The molecule has 5 saturated carbocycles. The Morgan fingerprint density at radius 3 is 0.851 bits per heavy atom. The molecule has 0 unspecified atom stereocenters. The second-order valence-electron chi connectivity index (χ2n) is 37.7. The maximum Gasteiger partial charge on any atom is 0.269 e. The SMILES string of the molecule is CC(=O)c1[nH]nc2ncnc(N[C@@H](C)c3cc4cccc(Cl)c4c(=O)n3C3CC3)c12.CNC(=O)c1[nH]nc2ncnc(N[C@@H](C)c3cc4cccc(Cl)c4c(=O)n3C3CC3)c12.CNC(=O)c1c[nH]c2ncnc(N[C@@H](C)c3cc4cccc(Cl)c4c(=O)n3C3CC3)c12.Cc1[nH]nc2ncnc(N[C@@H](C)c3cc4cccc(Cl)c4c(=O)n3C3CC3)c12.Cc1[nH]nc2ncnc(N[C@@H](C)c3cc4cccc(Cl)c4c(=O)n3C3CC3)c12. The molecular formula is C104H98Cl5N31O8. The summed E-state index contributed by atoms with van der Waals surface area (Å²) >= 11 is 31.7. The molecule has 5 atom stereocenters. The van der Waals surface area contributed by atoms with Crippen molar-refractivity contribution in [2.75, 3.05) is 40.7 Å². The number of anilines is 5. The first kappa shape index (κ1) is 98.1. The largest absolute Gasteiger partial charge is 0.361 e. The lowest BCUT2D eigenvalue weighted by Gasteiger charge is -2.21. The first-order valence-electron chi connectivity index (χ1n) is 48.5. The number of pyridine rings is 5. The van der Waals surface area contributed by atoms with Crippen LogP contribution in [-0.2, 0) is 0 Å². The van der Waals surface area contributed by atoms with Crippen molar-refractivity contribution in [3.63, 3.8) is 0 Å². The molecule has 15 heterocycles. The quantitative estimate of drug-likeness (QED) is 0.0265. The van der Waals surface area contributed by atoms with E-state index in [2.05, 4.69) is 145 Å². The van der Waals surface area contributed by atoms with Crippen LogP contribution >= 0.6 is 58.0 Å². The third-order valence-corrected chi connectivity index (χ3v) is 28.9. The van der Waals surface area contributed by atoms with E-state index in [-0.39, 0.29) is 112 Å². The molecule has 0 saturated heterocycles. The highest BCUT2D eigenvalue weighted by Crippen LogP contribution is 2.45. The van der Waals surface area contributed by atoms with Crippen LogP contribution in [0.5, 0.6) is 0 Å². The lowest BCUT2D eigenvalue weighted by Crippen LogP contribution is -2.26. The molecule has 44 heteroatoms. The van der Waals surface area contributed by atoms with E-state index >= 15 is 0 Å². The average molecular weight is 2090 g/mol. The number of ketones is 1. The van der Waals surface area contributed by atoms with Crippen LogP contribution in [0.15, 0.2) is 183 Å². The predicted octanol–water partition coefficient (Wildman–Crippen LogP) is 19.3. The van der Waals surface area contributed by atoms with E-state index in [1.807, 2.05) is 150 Å². The Balaban J connectivity index is 0.000000108. The van der Waals surface area contributed by atoms with E-state index < -0.39 is 0 Å². The Bertz CT molecular complexity index is 8690. The fourth-order valence-corrected chi connectivity index (χ4v) is 20.8. The van der Waals surface area contributed by atoms with Gasteiger partial charge in [0, 0.05) is 97.3 Å². The van der Waals surface area contributed by atoms with Crippen LogP contribution in [0, 0.1) is 13.8 Å². The van der Waals surface area contributed by atoms with E-state index in [1.54, 1.807) is 50.6 Å². The molecule has 0 spiro atoms. The van der Waals surface area contributed by atoms with E-state index in [9.17, 15) is 38.4 Å². The number of carbonyl (C=O) groups excluding carboxylic acids is 3. The topological polar surface area (TPSA) is 505 Å². The molecule has 148 heavy (non-hydrogen) atoms. The van der Waals surface area contributed by atoms with Gasteiger partial charge >= 0.3 is 0 Å². The molecule has 5 aliphatic rings. The smallest absolute Gasteiger partial charge is 0.269 e. The molecule has 12 N–H and O–H groups in total. The minimum atomic E-state index is -0.316. The van der Waals surface area contributed by atoms with Crippen LogP contribution in [0.2, 0.25) is 25.1 Å². The second-order valence-corrected chi connectivity index (χ2v) is 39.7. The Kier molecular flexibility index (Phi) is 26.6. The number of aromatic nitrogens is 24. The highest BCUT2D eigenvalue weighted by molar-refractivity contribution is 6.37. The normalized spacial score (nSPS) is 14.9. The van der Waals surface area contributed by atoms with Gasteiger partial charge in [-0.3, -0.25) is 58.8 Å². The number of amides is 2. The van der Waals surface area contributed by atoms with E-state index in [4.69, 9.17) is 58.0 Å². The number of carbonyl (C=O) groups is 3. The minimum absolute atomic E-state index is 0.0263. The minimum Gasteiger partial charge on any atom is -0.361 e. The number of nitrogens with one attached hydrogen (secondary N) is 12. The molecule has 0 bridgehead atoms. The number of aromatic amines is 5. The van der Waals surface area contributed by atoms with Crippen LogP contribution in [0.4, 0.5) is 29.1 Å². The van der Waals surface area contributed by atoms with Gasteiger partial charge in [-0.15, -0.1) is 0 Å². The van der Waals surface area contributed by atoms with Crippen molar-refractivity contribution in [3.8, 4) is 0 Å². The first-order chi connectivity index (χ1) is 71.5. The van der Waals surface area contributed by atoms with Crippen LogP contribution in [-0.4, -0.2) is 150 Å². The maximum absolute atomic E-state index is 13.3. The highest BCUT2D eigenvalue weighted by atomic mass is 35.5. The van der Waals surface area contributed by atoms with Gasteiger partial charge in [0.2, 0.25) is 0 Å². The fourth-order valence-electron chi connectivity index (χ4n) is 19.5. The predicted molar refractivity (Wildman–Crippen MR) is 575 cm³/mol. The summed E-state index contributed by atoms with van der Waals surface area (Å²) in [6.07, 6.45) is 18.6. The Morgan fingerprint density at radius 1 is 0.324 bits per heavy atom. The number of halogens is 5. The summed E-state index contributed by atoms with van der Waals surface area (Å²) in [6, 6.07) is 37.6. The molecule has 0 radical (unpaired) electrons. The van der Waals surface area contributed by atoms with Crippen molar-refractivity contribution in [3.05, 3.63) is 293 Å². The van der Waals surface area contributed by atoms with Gasteiger partial charge in [-0.25, -0.2) is 49.8 Å². The van der Waals surface area contributed by atoms with Crippen LogP contribution in [0.3, 0.4) is 0 Å². The van der Waals surface area contributed by atoms with Crippen molar-refractivity contribution in [1.82, 2.24) is 129 Å². The molecule has 39 nitrogen and oxygen atoms in total. The summed E-state index contributed by atoms with van der Waals surface area (Å²) in [5.74, 6) is 2.18. The van der Waals surface area contributed by atoms with Crippen LogP contribution < -0.4 is 65.0 Å². The molecule has 2 amide bonds. The van der Waals surface area contributed by atoms with Crippen molar-refractivity contribution >= 4 is 214 Å². The number of hydrogen-bond acceptors (Lipinski definition) is 27. The van der Waals surface area contributed by atoms with Crippen molar-refractivity contribution in [2.24, 2.45) is 0 Å². The molecule has 5 aromatic carbocycles. The molecule has 5 fully saturated rings. The Labute approximate surface area is 865 Å². The van der Waals surface area contributed by atoms with E-state index in [0.29, 0.717) is 137 Å². The lowest BCUT2D eigenvalue weighted by atomic mass is 10.1. The van der Waals surface area contributed by atoms with Crippen molar-refractivity contribution in [1.29, 1.82) is 0 Å². The number of Topliss-reactive ketones (excluding diaryl/α,β-unsaturated/α-hetero) is 1. The zero-order valence-electron chi connectivity index (χ0n) is 81.5. The van der Waals surface area contributed by atoms with Crippen molar-refractivity contribution in [2.45, 2.75) is 180 Å². The number of rotatable bonds is 23. The average Bonchev–Trinajstić information content (AvgIpc) is 1.56. The number of H-pyrrole nitrogens is 5. The highest BCUT2D eigenvalue weighted by Gasteiger charge is 2.37. The summed E-state index contributed by atoms with van der Waals surface area (Å²) in [4.78, 5) is 149. The summed E-state index contributed by atoms with van der Waals surface area (Å²) in [5, 5.41) is 62.8. The van der Waals surface area contributed by atoms with Crippen LogP contribution in [0.25, 0.3) is 109 Å². The van der Waals surface area contributed by atoms with Gasteiger partial charge in [0.05, 0.1) is 115 Å². The standard InChI is InChI=1S/C22H21ClN6O2.C21H20ClN7O2.C21H19ClN6O2.2C20H19ClN6O/c1-11(28-20-18-14(21(30)24-2)9-25-19(18)26-10-27-20)16-8-12-4-3-5-15(23)17(12)22(31)29(16)13-6-7-13;1-10(26-18-16-17(20(30)23-2)27-28-19(16)25-9-24-18)14-8-11-4-3-5-13(22)15(11)21(31)29(14)12-6-7-12;1-10(25-19-17-18(11(2)29)26-27-20(17)24-9-23-19)15-8-12-4-3-5-14(22)16(12)21(30)28(15)13-6-7-13;2*1-10(24-18-16-11(2)25-26-19(16)23-9-22-18)15-8-12-4-3-5-14(21)17(12)20(28)27(15)13-6-7-13/h3-5,8-11,13H,6-7H2,1-2H3,(H,24,30)(H2,25,26,27,28);3-5,8-10,12H,6-7H2,1-2H3,(H,23,30)(H2,24,25,26,27,28);3-5,8-10,13H,6-7H2,1-2H3,(H2,23,24,25,26,27);2*3-5,8-10,13H,6-7H2,1-2H3,(H2,22,23,24,25,26)/t11-;4*10-/m00000/s1. The third kappa shape index (κ3) is 18.7. The van der Waals surface area contributed by atoms with Gasteiger partial charge in [-0.1, -0.05) is 119 Å². The molecule has 0 aliphatic heterocycles. The fraction of sp³-hybridized carbons (Fsp3) is 0.288. The van der Waals surface area contributed by atoms with Gasteiger partial charge < -0.3 is 65.0 Å². The number of fused-ring (bicyclic) bond motifs is 10. The molecular weight excluding hydrogens is 1990 g/mol. The summed E-state index contributed by atoms with van der Waals surface area (Å²) in [5.41, 5.74) is 9.56. The zero-order chi connectivity index (χ0) is 103. The van der Waals surface area contributed by atoms with Crippen molar-refractivity contribution < 1.29 is 14.4 Å².